The molecule has 7 nitrogen and oxygen atoms in total. The highest BCUT2D eigenvalue weighted by Gasteiger charge is 2.11. The Labute approximate surface area is 158 Å². The number of rotatable bonds is 6. The van der Waals surface area contributed by atoms with Crippen LogP contribution in [0.2, 0.25) is 0 Å². The van der Waals surface area contributed by atoms with Gasteiger partial charge in [-0.05, 0) is 35.9 Å². The number of nitrogens with zero attached hydrogens (tertiary/aromatic N) is 2. The van der Waals surface area contributed by atoms with E-state index in [2.05, 4.69) is 26.1 Å². The number of amides is 2. The maximum Gasteiger partial charge on any atom is 0.279 e. The third-order valence-electron chi connectivity index (χ3n) is 3.47. The summed E-state index contributed by atoms with van der Waals surface area (Å²) >= 11 is 1.25. The minimum Gasteiger partial charge on any atom is -0.354 e. The van der Waals surface area contributed by atoms with Crippen molar-refractivity contribution in [2.45, 2.75) is 6.42 Å². The second-order valence-electron chi connectivity index (χ2n) is 5.42. The van der Waals surface area contributed by atoms with Crippen LogP contribution in [0.25, 0.3) is 10.4 Å². The fraction of sp³-hybridized carbons (Fsp3) is 0.111. The summed E-state index contributed by atoms with van der Waals surface area (Å²) < 4.78 is 13.0. The molecule has 27 heavy (non-hydrogen) atoms. The number of hydrazine groups is 1. The molecule has 3 aromatic rings. The summed E-state index contributed by atoms with van der Waals surface area (Å²) in [5.41, 5.74) is 5.55. The zero-order valence-electron chi connectivity index (χ0n) is 14.1. The molecule has 0 radical (unpaired) electrons. The van der Waals surface area contributed by atoms with Crippen LogP contribution in [0.1, 0.15) is 16.1 Å². The van der Waals surface area contributed by atoms with Gasteiger partial charge in [0.1, 0.15) is 5.82 Å². The van der Waals surface area contributed by atoms with Crippen LogP contribution in [0, 0.1) is 5.82 Å². The molecule has 3 rings (SSSR count). The van der Waals surface area contributed by atoms with Gasteiger partial charge in [0.25, 0.3) is 5.91 Å². The molecule has 9 heteroatoms. The number of nitrogens with one attached hydrogen (secondary N) is 3. The van der Waals surface area contributed by atoms with Crippen LogP contribution in [-0.4, -0.2) is 28.3 Å². The van der Waals surface area contributed by atoms with Gasteiger partial charge in [0.05, 0.1) is 4.88 Å². The van der Waals surface area contributed by atoms with Gasteiger partial charge in [-0.25, -0.2) is 14.4 Å². The van der Waals surface area contributed by atoms with E-state index in [-0.39, 0.29) is 18.1 Å². The highest BCUT2D eigenvalue weighted by atomic mass is 32.1. The number of aromatic nitrogens is 2. The van der Waals surface area contributed by atoms with E-state index in [4.69, 9.17) is 0 Å². The van der Waals surface area contributed by atoms with Crippen molar-refractivity contribution in [3.05, 3.63) is 65.6 Å². The standard InChI is InChI=1S/C18H16FN5O2S/c19-13-4-2-12(3-5-13)14-6-7-15(27-14)17(26)24-23-16(25)8-11-22-18-20-9-1-10-21-18/h1-7,9-10H,8,11H2,(H,23,25)(H,24,26)(H,20,21,22). The van der Waals surface area contributed by atoms with Crippen molar-refractivity contribution in [3.8, 4) is 10.4 Å². The van der Waals surface area contributed by atoms with Crippen molar-refractivity contribution in [2.75, 3.05) is 11.9 Å². The van der Waals surface area contributed by atoms with E-state index >= 15 is 0 Å². The van der Waals surface area contributed by atoms with Crippen molar-refractivity contribution >= 4 is 29.1 Å². The minimum absolute atomic E-state index is 0.143. The second-order valence-corrected chi connectivity index (χ2v) is 6.51. The molecule has 0 aliphatic carbocycles. The Bertz CT molecular complexity index is 915. The van der Waals surface area contributed by atoms with Crippen molar-refractivity contribution in [2.24, 2.45) is 0 Å². The van der Waals surface area contributed by atoms with Crippen LogP contribution in [0.3, 0.4) is 0 Å². The topological polar surface area (TPSA) is 96.0 Å². The fourth-order valence-corrected chi connectivity index (χ4v) is 3.06. The van der Waals surface area contributed by atoms with Crippen LogP contribution >= 0.6 is 11.3 Å². The van der Waals surface area contributed by atoms with Gasteiger partial charge in [0.2, 0.25) is 11.9 Å². The Balaban J connectivity index is 1.45. The Morgan fingerprint density at radius 2 is 1.74 bits per heavy atom. The molecule has 0 fully saturated rings. The van der Waals surface area contributed by atoms with Gasteiger partial charge in [-0.3, -0.25) is 20.4 Å². The molecule has 0 aliphatic heterocycles. The Morgan fingerprint density at radius 3 is 2.48 bits per heavy atom. The highest BCUT2D eigenvalue weighted by Crippen LogP contribution is 2.28. The molecule has 0 saturated carbocycles. The van der Waals surface area contributed by atoms with Crippen molar-refractivity contribution in [1.82, 2.24) is 20.8 Å². The summed E-state index contributed by atoms with van der Waals surface area (Å²) in [5.74, 6) is -0.645. The number of anilines is 1. The van der Waals surface area contributed by atoms with Crippen LogP contribution in [-0.2, 0) is 4.79 Å². The molecular formula is C18H16FN5O2S. The van der Waals surface area contributed by atoms with Crippen molar-refractivity contribution < 1.29 is 14.0 Å². The van der Waals surface area contributed by atoms with E-state index in [1.165, 1.54) is 23.5 Å². The SMILES string of the molecule is O=C(CCNc1ncccn1)NNC(=O)c1ccc(-c2ccc(F)cc2)s1. The van der Waals surface area contributed by atoms with Gasteiger partial charge in [0, 0.05) is 30.2 Å². The number of benzene rings is 1. The largest absolute Gasteiger partial charge is 0.354 e. The first-order chi connectivity index (χ1) is 13.1. The number of hydrogen-bond acceptors (Lipinski definition) is 6. The maximum absolute atomic E-state index is 13.0. The molecule has 0 atom stereocenters. The lowest BCUT2D eigenvalue weighted by atomic mass is 10.2. The van der Waals surface area contributed by atoms with E-state index < -0.39 is 5.91 Å². The van der Waals surface area contributed by atoms with Gasteiger partial charge in [-0.2, -0.15) is 0 Å². The molecule has 138 valence electrons. The first kappa shape index (κ1) is 18.5. The third-order valence-corrected chi connectivity index (χ3v) is 4.61. The molecular weight excluding hydrogens is 369 g/mol. The predicted octanol–water partition coefficient (Wildman–Crippen LogP) is 2.61. The number of halogens is 1. The Hall–Kier alpha value is -3.33. The van der Waals surface area contributed by atoms with Gasteiger partial charge < -0.3 is 5.32 Å². The average Bonchev–Trinajstić information content (AvgIpc) is 3.18. The van der Waals surface area contributed by atoms with Crippen LogP contribution in [0.5, 0.6) is 0 Å². The summed E-state index contributed by atoms with van der Waals surface area (Å²) in [7, 11) is 0. The lowest BCUT2D eigenvalue weighted by molar-refractivity contribution is -0.121. The molecule has 3 N–H and O–H groups in total. The Kier molecular flexibility index (Phi) is 6.06. The molecule has 2 amide bonds. The monoisotopic (exact) mass is 385 g/mol. The zero-order valence-corrected chi connectivity index (χ0v) is 14.9. The quantitative estimate of drug-likeness (QED) is 0.567. The van der Waals surface area contributed by atoms with Crippen molar-refractivity contribution in [1.29, 1.82) is 0 Å². The molecule has 0 unspecified atom stereocenters. The molecule has 0 spiro atoms. The maximum atomic E-state index is 13.0. The first-order valence-corrected chi connectivity index (χ1v) is 8.89. The second kappa shape index (κ2) is 8.86. The molecule has 0 bridgehead atoms. The fourth-order valence-electron chi connectivity index (χ4n) is 2.16. The molecule has 2 heterocycles. The van der Waals surface area contributed by atoms with Crippen LogP contribution in [0.4, 0.5) is 10.3 Å². The molecule has 0 saturated heterocycles. The predicted molar refractivity (Wildman–Crippen MR) is 100 cm³/mol. The summed E-state index contributed by atoms with van der Waals surface area (Å²) in [6.07, 6.45) is 3.33. The first-order valence-electron chi connectivity index (χ1n) is 8.07. The van der Waals surface area contributed by atoms with Gasteiger partial charge in [-0.15, -0.1) is 11.3 Å². The lowest BCUT2D eigenvalue weighted by Crippen LogP contribution is -2.41. The minimum atomic E-state index is -0.416. The van der Waals surface area contributed by atoms with Gasteiger partial charge in [0.15, 0.2) is 0 Å². The number of thiophene rings is 1. The van der Waals surface area contributed by atoms with Crippen molar-refractivity contribution in [3.63, 3.8) is 0 Å². The highest BCUT2D eigenvalue weighted by molar-refractivity contribution is 7.17. The van der Waals surface area contributed by atoms with Crippen LogP contribution in [0.15, 0.2) is 54.9 Å². The molecule has 2 aromatic heterocycles. The zero-order chi connectivity index (χ0) is 19.1. The summed E-state index contributed by atoms with van der Waals surface area (Å²) in [5, 5.41) is 2.90. The van der Waals surface area contributed by atoms with E-state index in [1.807, 2.05) is 0 Å². The average molecular weight is 385 g/mol. The summed E-state index contributed by atoms with van der Waals surface area (Å²) in [6.45, 7) is 0.333. The van der Waals surface area contributed by atoms with Crippen LogP contribution < -0.4 is 16.2 Å². The number of carbonyl (C=O) groups excluding carboxylic acids is 2. The number of hydrogen-bond donors (Lipinski definition) is 3. The Morgan fingerprint density at radius 1 is 1.00 bits per heavy atom. The number of carbonyl (C=O) groups is 2. The smallest absolute Gasteiger partial charge is 0.279 e. The van der Waals surface area contributed by atoms with E-state index in [0.29, 0.717) is 17.4 Å². The van der Waals surface area contributed by atoms with Gasteiger partial charge in [-0.1, -0.05) is 12.1 Å². The lowest BCUT2D eigenvalue weighted by Gasteiger charge is -2.07. The van der Waals surface area contributed by atoms with Gasteiger partial charge >= 0.3 is 0 Å². The van der Waals surface area contributed by atoms with E-state index in [0.717, 1.165) is 10.4 Å². The summed E-state index contributed by atoms with van der Waals surface area (Å²) in [4.78, 5) is 33.1. The normalized spacial score (nSPS) is 10.3. The molecule has 1 aromatic carbocycles. The van der Waals surface area contributed by atoms with E-state index in [9.17, 15) is 14.0 Å². The van der Waals surface area contributed by atoms with E-state index in [1.54, 1.807) is 42.7 Å². The molecule has 0 aliphatic rings. The summed E-state index contributed by atoms with van der Waals surface area (Å²) in [6, 6.07) is 11.1. The third kappa shape index (κ3) is 5.32.